The molecule has 6 heteroatoms. The van der Waals surface area contributed by atoms with Crippen molar-refractivity contribution in [2.45, 2.75) is 12.3 Å². The van der Waals surface area contributed by atoms with E-state index in [-0.39, 0.29) is 5.56 Å². The first kappa shape index (κ1) is 14.7. The molecule has 2 rings (SSSR count). The second-order valence-corrected chi connectivity index (χ2v) is 4.38. The highest BCUT2D eigenvalue weighted by molar-refractivity contribution is 6.26. The summed E-state index contributed by atoms with van der Waals surface area (Å²) in [4.78, 5) is 11.1. The molecule has 0 N–H and O–H groups in total. The van der Waals surface area contributed by atoms with Crippen molar-refractivity contribution in [3.05, 3.63) is 48.0 Å². The van der Waals surface area contributed by atoms with Crippen molar-refractivity contribution in [3.8, 4) is 0 Å². The number of hydrogen-bond donors (Lipinski definition) is 0. The average molecular weight is 303 g/mol. The number of halogens is 4. The Morgan fingerprint density at radius 3 is 2.45 bits per heavy atom. The average Bonchev–Trinajstić information content (AvgIpc) is 2.43. The van der Waals surface area contributed by atoms with Crippen molar-refractivity contribution < 1.29 is 22.7 Å². The van der Waals surface area contributed by atoms with Crippen LogP contribution in [-0.4, -0.2) is 18.0 Å². The van der Waals surface area contributed by atoms with Gasteiger partial charge in [-0.25, -0.2) is 0 Å². The lowest BCUT2D eigenvalue weighted by Crippen LogP contribution is -2.26. The molecular formula is C14H10ClF3O2. The maximum Gasteiger partial charge on any atom is 0.429 e. The first-order chi connectivity index (χ1) is 9.43. The summed E-state index contributed by atoms with van der Waals surface area (Å²) in [6.07, 6.45) is -7.02. The zero-order valence-corrected chi connectivity index (χ0v) is 10.9. The van der Waals surface area contributed by atoms with E-state index in [0.717, 1.165) is 0 Å². The molecule has 0 aliphatic carbocycles. The number of carbonyl (C=O) groups is 1. The first-order valence-corrected chi connectivity index (χ1v) is 6.26. The monoisotopic (exact) mass is 302 g/mol. The molecule has 0 radical (unpaired) electrons. The van der Waals surface area contributed by atoms with Gasteiger partial charge in [0.25, 0.3) is 0 Å². The van der Waals surface area contributed by atoms with E-state index in [1.54, 1.807) is 30.3 Å². The van der Waals surface area contributed by atoms with Gasteiger partial charge in [0.2, 0.25) is 6.10 Å². The Morgan fingerprint density at radius 1 is 1.15 bits per heavy atom. The smallest absolute Gasteiger partial charge is 0.429 e. The van der Waals surface area contributed by atoms with Crippen molar-refractivity contribution in [3.63, 3.8) is 0 Å². The molecular weight excluding hydrogens is 293 g/mol. The molecule has 0 aromatic heterocycles. The molecule has 0 bridgehead atoms. The van der Waals surface area contributed by atoms with Crippen LogP contribution in [0.1, 0.15) is 11.7 Å². The zero-order valence-electron chi connectivity index (χ0n) is 10.2. The van der Waals surface area contributed by atoms with E-state index in [9.17, 15) is 18.0 Å². The van der Waals surface area contributed by atoms with Gasteiger partial charge >= 0.3 is 12.1 Å². The summed E-state index contributed by atoms with van der Waals surface area (Å²) in [6.45, 7) is 0. The van der Waals surface area contributed by atoms with Crippen LogP contribution < -0.4 is 0 Å². The summed E-state index contributed by atoms with van der Waals surface area (Å²) in [5.74, 6) is -1.74. The van der Waals surface area contributed by atoms with E-state index in [0.29, 0.717) is 10.8 Å². The van der Waals surface area contributed by atoms with Crippen LogP contribution >= 0.6 is 11.6 Å². The molecule has 1 atom stereocenters. The fourth-order valence-corrected chi connectivity index (χ4v) is 2.01. The van der Waals surface area contributed by atoms with Gasteiger partial charge < -0.3 is 4.74 Å². The predicted octanol–water partition coefficient (Wildman–Crippen LogP) is 4.23. The minimum absolute atomic E-state index is 0.103. The van der Waals surface area contributed by atoms with E-state index in [4.69, 9.17) is 11.6 Å². The Morgan fingerprint density at radius 2 is 1.80 bits per heavy atom. The summed E-state index contributed by atoms with van der Waals surface area (Å²) >= 11 is 5.21. The maximum atomic E-state index is 13.1. The normalized spacial score (nSPS) is 13.2. The molecule has 0 spiro atoms. The van der Waals surface area contributed by atoms with E-state index in [1.807, 2.05) is 0 Å². The van der Waals surface area contributed by atoms with Gasteiger partial charge in [-0.3, -0.25) is 4.79 Å². The van der Waals surface area contributed by atoms with Crippen LogP contribution in [-0.2, 0) is 9.53 Å². The summed E-state index contributed by atoms with van der Waals surface area (Å²) in [5, 5.41) is 1.03. The molecule has 0 aliphatic rings. The summed E-state index contributed by atoms with van der Waals surface area (Å²) in [7, 11) is 0. The zero-order chi connectivity index (χ0) is 14.8. The van der Waals surface area contributed by atoms with Crippen LogP contribution in [0.25, 0.3) is 10.8 Å². The van der Waals surface area contributed by atoms with E-state index < -0.39 is 24.1 Å². The minimum atomic E-state index is -4.70. The van der Waals surface area contributed by atoms with Gasteiger partial charge in [-0.15, -0.1) is 11.6 Å². The SMILES string of the molecule is O=C(CCl)O[C@H](c1cccc2ccccc12)C(F)(F)F. The van der Waals surface area contributed by atoms with Crippen LogP contribution in [0.4, 0.5) is 13.2 Å². The third-order valence-electron chi connectivity index (χ3n) is 2.76. The van der Waals surface area contributed by atoms with E-state index >= 15 is 0 Å². The van der Waals surface area contributed by atoms with Crippen LogP contribution in [0.3, 0.4) is 0 Å². The number of fused-ring (bicyclic) bond motifs is 1. The number of esters is 1. The molecule has 2 aromatic carbocycles. The van der Waals surface area contributed by atoms with Crippen molar-refractivity contribution in [2.24, 2.45) is 0 Å². The molecule has 106 valence electrons. The summed E-state index contributed by atoms with van der Waals surface area (Å²) in [6, 6.07) is 11.1. The number of benzene rings is 2. The van der Waals surface area contributed by atoms with Crippen LogP contribution in [0.2, 0.25) is 0 Å². The third kappa shape index (κ3) is 3.04. The van der Waals surface area contributed by atoms with Gasteiger partial charge in [0.1, 0.15) is 5.88 Å². The topological polar surface area (TPSA) is 26.3 Å². The number of rotatable bonds is 3. The van der Waals surface area contributed by atoms with Crippen LogP contribution in [0.15, 0.2) is 42.5 Å². The standard InChI is InChI=1S/C14H10ClF3O2/c15-8-12(19)20-13(14(16,17)18)11-7-3-5-9-4-1-2-6-10(9)11/h1-7,13H,8H2/t13-/m1/s1. The molecule has 20 heavy (non-hydrogen) atoms. The Hall–Kier alpha value is -1.75. The Kier molecular flexibility index (Phi) is 4.18. The predicted molar refractivity (Wildman–Crippen MR) is 69.6 cm³/mol. The van der Waals surface area contributed by atoms with Crippen molar-refractivity contribution >= 4 is 28.3 Å². The molecule has 0 heterocycles. The van der Waals surface area contributed by atoms with E-state index in [1.165, 1.54) is 12.1 Å². The molecule has 2 aromatic rings. The second-order valence-electron chi connectivity index (χ2n) is 4.11. The molecule has 2 nitrogen and oxygen atoms in total. The van der Waals surface area contributed by atoms with Crippen molar-refractivity contribution in [1.82, 2.24) is 0 Å². The largest absolute Gasteiger partial charge is 0.447 e. The van der Waals surface area contributed by atoms with Gasteiger partial charge in [-0.2, -0.15) is 13.2 Å². The molecule has 0 amide bonds. The lowest BCUT2D eigenvalue weighted by atomic mass is 10.00. The Labute approximate surface area is 118 Å². The van der Waals surface area contributed by atoms with Crippen molar-refractivity contribution in [1.29, 1.82) is 0 Å². The quantitative estimate of drug-likeness (QED) is 0.626. The third-order valence-corrected chi connectivity index (χ3v) is 2.98. The molecule has 0 unspecified atom stereocenters. The van der Waals surface area contributed by atoms with Gasteiger partial charge in [0, 0.05) is 5.56 Å². The van der Waals surface area contributed by atoms with Crippen LogP contribution in [0, 0.1) is 0 Å². The first-order valence-electron chi connectivity index (χ1n) is 5.73. The summed E-state index contributed by atoms with van der Waals surface area (Å²) in [5.41, 5.74) is -0.103. The number of hydrogen-bond acceptors (Lipinski definition) is 2. The maximum absolute atomic E-state index is 13.1. The van der Waals surface area contributed by atoms with E-state index in [2.05, 4.69) is 4.74 Å². The van der Waals surface area contributed by atoms with Crippen molar-refractivity contribution in [2.75, 3.05) is 5.88 Å². The second kappa shape index (κ2) is 5.71. The summed E-state index contributed by atoms with van der Waals surface area (Å²) < 4.78 is 43.8. The highest BCUT2D eigenvalue weighted by atomic mass is 35.5. The van der Waals surface area contributed by atoms with Crippen LogP contribution in [0.5, 0.6) is 0 Å². The fourth-order valence-electron chi connectivity index (χ4n) is 1.95. The Bertz CT molecular complexity index is 620. The van der Waals surface area contributed by atoms with Gasteiger partial charge in [0.15, 0.2) is 0 Å². The van der Waals surface area contributed by atoms with Gasteiger partial charge in [0.05, 0.1) is 0 Å². The lowest BCUT2D eigenvalue weighted by Gasteiger charge is -2.22. The Balaban J connectivity index is 2.54. The molecule has 0 saturated heterocycles. The highest BCUT2D eigenvalue weighted by Gasteiger charge is 2.44. The minimum Gasteiger partial charge on any atom is -0.447 e. The number of ether oxygens (including phenoxy) is 1. The lowest BCUT2D eigenvalue weighted by molar-refractivity contribution is -0.222. The van der Waals surface area contributed by atoms with Gasteiger partial charge in [-0.1, -0.05) is 42.5 Å². The number of alkyl halides is 4. The molecule has 0 fully saturated rings. The highest BCUT2D eigenvalue weighted by Crippen LogP contribution is 2.39. The molecule has 0 aliphatic heterocycles. The van der Waals surface area contributed by atoms with Gasteiger partial charge in [-0.05, 0) is 10.8 Å². The fraction of sp³-hybridized carbons (Fsp3) is 0.214. The molecule has 0 saturated carbocycles. The number of carbonyl (C=O) groups excluding carboxylic acids is 1.